The van der Waals surface area contributed by atoms with Gasteiger partial charge in [0.05, 0.1) is 6.20 Å². The molecule has 3 N–H and O–H groups in total. The largest absolute Gasteiger partial charge is 0.476 e. The molecule has 1 heterocycles. The summed E-state index contributed by atoms with van der Waals surface area (Å²) in [5, 5.41) is 14.6. The average Bonchev–Trinajstić information content (AvgIpc) is 2.14. The molecular formula is C3H4N4O2. The third-order valence-electron chi connectivity index (χ3n) is 0.729. The van der Waals surface area contributed by atoms with Gasteiger partial charge in [-0.05, 0) is 5.21 Å². The van der Waals surface area contributed by atoms with Crippen LogP contribution in [0.3, 0.4) is 0 Å². The number of carbonyl (C=O) groups is 1. The summed E-state index contributed by atoms with van der Waals surface area (Å²) in [4.78, 5) is 10.9. The molecule has 9 heavy (non-hydrogen) atoms. The van der Waals surface area contributed by atoms with Gasteiger partial charge in [0.25, 0.3) is 0 Å². The Hall–Kier alpha value is -1.59. The van der Waals surface area contributed by atoms with Crippen molar-refractivity contribution in [3.05, 3.63) is 11.9 Å². The molecule has 0 aliphatic rings. The second-order valence-electron chi connectivity index (χ2n) is 1.39. The van der Waals surface area contributed by atoms with Crippen molar-refractivity contribution >= 4 is 5.97 Å². The number of carboxylic acid groups (broad SMARTS) is 1. The Morgan fingerprint density at radius 3 is 2.78 bits per heavy atom. The summed E-state index contributed by atoms with van der Waals surface area (Å²) >= 11 is 0. The lowest BCUT2D eigenvalue weighted by atomic mass is 10.5. The standard InChI is InChI=1S/C3H4N4O2/c4-7-1-2(3(8)9)5-6-7/h1H,4H2,(H,8,9). The number of aromatic nitrogens is 3. The monoisotopic (exact) mass is 128 g/mol. The highest BCUT2D eigenvalue weighted by Crippen LogP contribution is 1.86. The fourth-order valence-corrected chi connectivity index (χ4v) is 0.375. The number of rotatable bonds is 1. The lowest BCUT2D eigenvalue weighted by Crippen LogP contribution is -2.07. The maximum Gasteiger partial charge on any atom is 0.358 e. The van der Waals surface area contributed by atoms with Crippen molar-refractivity contribution in [2.24, 2.45) is 0 Å². The van der Waals surface area contributed by atoms with E-state index in [-0.39, 0.29) is 5.69 Å². The summed E-state index contributed by atoms with van der Waals surface area (Å²) in [7, 11) is 0. The molecule has 0 amide bonds. The number of nitrogens with zero attached hydrogens (tertiary/aromatic N) is 3. The summed E-state index contributed by atoms with van der Waals surface area (Å²) in [5.41, 5.74) is -0.155. The first-order valence-electron chi connectivity index (χ1n) is 2.11. The first-order chi connectivity index (χ1) is 4.20. The lowest BCUT2D eigenvalue weighted by Gasteiger charge is -1.79. The Kier molecular flexibility index (Phi) is 1.07. The third kappa shape index (κ3) is 0.958. The van der Waals surface area contributed by atoms with Gasteiger partial charge in [-0.1, -0.05) is 0 Å². The fraction of sp³-hybridized carbons (Fsp3) is 0. The fourth-order valence-electron chi connectivity index (χ4n) is 0.375. The van der Waals surface area contributed by atoms with Crippen LogP contribution in [0.4, 0.5) is 0 Å². The summed E-state index contributed by atoms with van der Waals surface area (Å²) < 4.78 is 0. The van der Waals surface area contributed by atoms with Gasteiger partial charge in [-0.2, -0.15) is 4.79 Å². The van der Waals surface area contributed by atoms with Crippen LogP contribution in [0.5, 0.6) is 0 Å². The molecule has 1 aromatic rings. The molecule has 0 bridgehead atoms. The van der Waals surface area contributed by atoms with Crippen molar-refractivity contribution in [3.63, 3.8) is 0 Å². The number of carboxylic acids is 1. The van der Waals surface area contributed by atoms with Crippen molar-refractivity contribution in [2.45, 2.75) is 0 Å². The molecule has 0 radical (unpaired) electrons. The van der Waals surface area contributed by atoms with Gasteiger partial charge >= 0.3 is 5.97 Å². The highest BCUT2D eigenvalue weighted by molar-refractivity contribution is 5.84. The van der Waals surface area contributed by atoms with E-state index in [4.69, 9.17) is 10.9 Å². The minimum Gasteiger partial charge on any atom is -0.476 e. The molecule has 0 saturated carbocycles. The van der Waals surface area contributed by atoms with Crippen molar-refractivity contribution in [1.82, 2.24) is 15.1 Å². The quantitative estimate of drug-likeness (QED) is 0.458. The van der Waals surface area contributed by atoms with Crippen molar-refractivity contribution in [3.8, 4) is 0 Å². The van der Waals surface area contributed by atoms with E-state index in [1.54, 1.807) is 0 Å². The third-order valence-corrected chi connectivity index (χ3v) is 0.729. The Morgan fingerprint density at radius 1 is 1.89 bits per heavy atom. The van der Waals surface area contributed by atoms with Crippen molar-refractivity contribution in [1.29, 1.82) is 0 Å². The van der Waals surface area contributed by atoms with Crippen molar-refractivity contribution in [2.75, 3.05) is 5.84 Å². The zero-order chi connectivity index (χ0) is 6.85. The number of aromatic carboxylic acids is 1. The minimum atomic E-state index is -1.13. The number of hydrogen-bond donors (Lipinski definition) is 2. The van der Waals surface area contributed by atoms with Crippen LogP contribution in [0.25, 0.3) is 0 Å². The summed E-state index contributed by atoms with van der Waals surface area (Å²) in [6.45, 7) is 0. The minimum absolute atomic E-state index is 0.155. The van der Waals surface area contributed by atoms with Gasteiger partial charge in [-0.3, -0.25) is 0 Å². The van der Waals surface area contributed by atoms with E-state index in [0.29, 0.717) is 0 Å². The van der Waals surface area contributed by atoms with E-state index < -0.39 is 5.97 Å². The highest BCUT2D eigenvalue weighted by Gasteiger charge is 2.05. The second-order valence-corrected chi connectivity index (χ2v) is 1.39. The molecule has 1 aromatic heterocycles. The summed E-state index contributed by atoms with van der Waals surface area (Å²) in [6.07, 6.45) is 1.11. The average molecular weight is 128 g/mol. The van der Waals surface area contributed by atoms with E-state index in [9.17, 15) is 4.79 Å². The normalized spacial score (nSPS) is 9.33. The number of hydrogen-bond acceptors (Lipinski definition) is 4. The van der Waals surface area contributed by atoms with E-state index in [1.165, 1.54) is 0 Å². The van der Waals surface area contributed by atoms with E-state index in [1.807, 2.05) is 0 Å². The number of nitrogen functional groups attached to an aromatic ring is 1. The van der Waals surface area contributed by atoms with Gasteiger partial charge in [-0.15, -0.1) is 5.10 Å². The van der Waals surface area contributed by atoms with Gasteiger partial charge < -0.3 is 10.9 Å². The van der Waals surface area contributed by atoms with Crippen LogP contribution in [0.2, 0.25) is 0 Å². The maximum absolute atomic E-state index is 10.0. The van der Waals surface area contributed by atoms with Gasteiger partial charge in [0, 0.05) is 0 Å². The molecule has 0 aliphatic heterocycles. The predicted octanol–water partition coefficient (Wildman–Crippen LogP) is -1.31. The molecule has 6 nitrogen and oxygen atoms in total. The maximum atomic E-state index is 10.0. The molecule has 0 spiro atoms. The van der Waals surface area contributed by atoms with Crippen LogP contribution in [0.1, 0.15) is 10.5 Å². The first-order valence-corrected chi connectivity index (χ1v) is 2.11. The molecule has 48 valence electrons. The van der Waals surface area contributed by atoms with Crippen LogP contribution in [0.15, 0.2) is 6.20 Å². The zero-order valence-electron chi connectivity index (χ0n) is 4.35. The Balaban J connectivity index is 2.98. The summed E-state index contributed by atoms with van der Waals surface area (Å²) in [5.74, 6) is 3.86. The van der Waals surface area contributed by atoms with Gasteiger partial charge in [0.2, 0.25) is 0 Å². The first kappa shape index (κ1) is 5.54. The molecule has 0 fully saturated rings. The van der Waals surface area contributed by atoms with Gasteiger partial charge in [-0.25, -0.2) is 4.79 Å². The van der Waals surface area contributed by atoms with Crippen LogP contribution >= 0.6 is 0 Å². The molecule has 0 aliphatic carbocycles. The second kappa shape index (κ2) is 1.73. The molecule has 1 rings (SSSR count). The van der Waals surface area contributed by atoms with Gasteiger partial charge in [0.1, 0.15) is 0 Å². The van der Waals surface area contributed by atoms with E-state index in [0.717, 1.165) is 11.0 Å². The van der Waals surface area contributed by atoms with Gasteiger partial charge in [0.15, 0.2) is 5.69 Å². The van der Waals surface area contributed by atoms with E-state index >= 15 is 0 Å². The molecule has 6 heteroatoms. The SMILES string of the molecule is Nn1cc(C(=O)O)nn1. The molecule has 0 aromatic carbocycles. The van der Waals surface area contributed by atoms with Crippen molar-refractivity contribution < 1.29 is 9.90 Å². The smallest absolute Gasteiger partial charge is 0.358 e. The predicted molar refractivity (Wildman–Crippen MR) is 27.1 cm³/mol. The molecule has 0 saturated heterocycles. The van der Waals surface area contributed by atoms with Crippen LogP contribution in [-0.2, 0) is 0 Å². The Bertz CT molecular complexity index is 229. The molecular weight excluding hydrogens is 124 g/mol. The van der Waals surface area contributed by atoms with Crippen LogP contribution < -0.4 is 5.84 Å². The number of nitrogens with two attached hydrogens (primary N) is 1. The summed E-state index contributed by atoms with van der Waals surface area (Å²) in [6, 6.07) is 0. The van der Waals surface area contributed by atoms with E-state index in [2.05, 4.69) is 10.3 Å². The zero-order valence-corrected chi connectivity index (χ0v) is 4.35. The lowest BCUT2D eigenvalue weighted by molar-refractivity contribution is 0.0690. The van der Waals surface area contributed by atoms with Crippen LogP contribution in [-0.4, -0.2) is 26.2 Å². The Labute approximate surface area is 49.9 Å². The topological polar surface area (TPSA) is 94.0 Å². The Morgan fingerprint density at radius 2 is 2.56 bits per heavy atom. The molecule has 0 atom stereocenters. The van der Waals surface area contributed by atoms with Crippen LogP contribution in [0, 0.1) is 0 Å². The molecule has 0 unspecified atom stereocenters. The highest BCUT2D eigenvalue weighted by atomic mass is 16.4.